The first kappa shape index (κ1) is 15.2. The molecule has 0 unspecified atom stereocenters. The molecule has 1 aromatic rings. The highest BCUT2D eigenvalue weighted by Crippen LogP contribution is 2.37. The van der Waals surface area contributed by atoms with Gasteiger partial charge in [0.1, 0.15) is 17.3 Å². The van der Waals surface area contributed by atoms with Gasteiger partial charge in [-0.15, -0.1) is 0 Å². The monoisotopic (exact) mass is 306 g/mol. The first-order valence-electron chi connectivity index (χ1n) is 7.74. The van der Waals surface area contributed by atoms with Crippen molar-refractivity contribution in [1.82, 2.24) is 9.88 Å². The van der Waals surface area contributed by atoms with E-state index in [-0.39, 0.29) is 17.6 Å². The second kappa shape index (κ2) is 6.22. The highest BCUT2D eigenvalue weighted by atomic mass is 16.6. The number of rotatable bonds is 4. The van der Waals surface area contributed by atoms with Crippen molar-refractivity contribution in [2.24, 2.45) is 0 Å². The van der Waals surface area contributed by atoms with Gasteiger partial charge in [0.05, 0.1) is 19.7 Å². The van der Waals surface area contributed by atoms with Gasteiger partial charge < -0.3 is 19.1 Å². The summed E-state index contributed by atoms with van der Waals surface area (Å²) in [6.45, 7) is 4.19. The fraction of sp³-hybridized carbons (Fsp3) is 0.625. The molecule has 22 heavy (non-hydrogen) atoms. The van der Waals surface area contributed by atoms with Crippen LogP contribution in [0.2, 0.25) is 0 Å². The third kappa shape index (κ3) is 2.57. The molecule has 1 spiro atoms. The second-order valence-corrected chi connectivity index (χ2v) is 5.72. The number of carbonyl (C=O) groups excluding carboxylic acids is 1. The van der Waals surface area contributed by atoms with Crippen LogP contribution in [0.15, 0.2) is 18.3 Å². The van der Waals surface area contributed by atoms with Crippen molar-refractivity contribution in [3.63, 3.8) is 0 Å². The first-order valence-corrected chi connectivity index (χ1v) is 7.74. The predicted molar refractivity (Wildman–Crippen MR) is 80.0 cm³/mol. The molecule has 2 aliphatic rings. The van der Waals surface area contributed by atoms with E-state index in [1.807, 2.05) is 6.92 Å². The van der Waals surface area contributed by atoms with Gasteiger partial charge in [0.15, 0.2) is 0 Å². The van der Waals surface area contributed by atoms with Crippen LogP contribution in [0, 0.1) is 0 Å². The average molecular weight is 306 g/mol. The summed E-state index contributed by atoms with van der Waals surface area (Å²) in [4.78, 5) is 18.8. The number of pyridine rings is 1. The van der Waals surface area contributed by atoms with Crippen molar-refractivity contribution in [1.29, 1.82) is 0 Å². The van der Waals surface area contributed by atoms with Crippen LogP contribution in [0.1, 0.15) is 30.1 Å². The Kier molecular flexibility index (Phi) is 4.31. The second-order valence-electron chi connectivity index (χ2n) is 5.72. The van der Waals surface area contributed by atoms with E-state index in [2.05, 4.69) is 4.98 Å². The Morgan fingerprint density at radius 2 is 2.45 bits per heavy atom. The van der Waals surface area contributed by atoms with Crippen molar-refractivity contribution < 1.29 is 19.0 Å². The van der Waals surface area contributed by atoms with Crippen LogP contribution < -0.4 is 4.74 Å². The molecule has 3 rings (SSSR count). The standard InChI is InChI=1S/C16H22N2O4/c1-3-21-14-12(6-4-8-17-14)15(19)18-10-13(20-2)16(11-18)7-5-9-22-16/h4,6,8,13H,3,5,7,9-11H2,1-2H3/t13-,16-/m0/s1. The molecular formula is C16H22N2O4. The van der Waals surface area contributed by atoms with Gasteiger partial charge in [-0.3, -0.25) is 4.79 Å². The molecule has 0 radical (unpaired) electrons. The van der Waals surface area contributed by atoms with Gasteiger partial charge in [-0.1, -0.05) is 0 Å². The lowest BCUT2D eigenvalue weighted by Gasteiger charge is -2.27. The number of likely N-dealkylation sites (tertiary alicyclic amines) is 1. The topological polar surface area (TPSA) is 60.9 Å². The Morgan fingerprint density at radius 1 is 1.59 bits per heavy atom. The number of methoxy groups -OCH3 is 1. The van der Waals surface area contributed by atoms with Gasteiger partial charge in [0.2, 0.25) is 5.88 Å². The van der Waals surface area contributed by atoms with Crippen LogP contribution >= 0.6 is 0 Å². The summed E-state index contributed by atoms with van der Waals surface area (Å²) in [6.07, 6.45) is 3.50. The van der Waals surface area contributed by atoms with Crippen molar-refractivity contribution in [2.45, 2.75) is 31.5 Å². The molecule has 1 amide bonds. The largest absolute Gasteiger partial charge is 0.477 e. The Bertz CT molecular complexity index is 543. The normalized spacial score (nSPS) is 27.5. The van der Waals surface area contributed by atoms with Crippen molar-refractivity contribution >= 4 is 5.91 Å². The molecule has 1 aromatic heterocycles. The lowest BCUT2D eigenvalue weighted by Crippen LogP contribution is -2.42. The smallest absolute Gasteiger partial charge is 0.259 e. The number of hydrogen-bond donors (Lipinski definition) is 0. The molecule has 6 nitrogen and oxygen atoms in total. The molecule has 2 saturated heterocycles. The van der Waals surface area contributed by atoms with E-state index in [1.165, 1.54) is 0 Å². The van der Waals surface area contributed by atoms with Gasteiger partial charge >= 0.3 is 0 Å². The fourth-order valence-electron chi connectivity index (χ4n) is 3.37. The quantitative estimate of drug-likeness (QED) is 0.843. The van der Waals surface area contributed by atoms with E-state index in [0.29, 0.717) is 31.1 Å². The maximum absolute atomic E-state index is 12.8. The molecule has 0 N–H and O–H groups in total. The molecule has 3 heterocycles. The Hall–Kier alpha value is -1.66. The fourth-order valence-corrected chi connectivity index (χ4v) is 3.37. The number of aromatic nitrogens is 1. The molecule has 0 bridgehead atoms. The van der Waals surface area contributed by atoms with Crippen LogP contribution in [0.25, 0.3) is 0 Å². The van der Waals surface area contributed by atoms with Gasteiger partial charge in [0, 0.05) is 19.9 Å². The first-order chi connectivity index (χ1) is 10.7. The van der Waals surface area contributed by atoms with Gasteiger partial charge in [-0.05, 0) is 31.9 Å². The number of carbonyl (C=O) groups is 1. The number of nitrogens with zero attached hydrogens (tertiary/aromatic N) is 2. The van der Waals surface area contributed by atoms with E-state index in [4.69, 9.17) is 14.2 Å². The molecular weight excluding hydrogens is 284 g/mol. The van der Waals surface area contributed by atoms with Gasteiger partial charge in [0.25, 0.3) is 5.91 Å². The number of hydrogen-bond acceptors (Lipinski definition) is 5. The summed E-state index contributed by atoms with van der Waals surface area (Å²) in [7, 11) is 1.68. The summed E-state index contributed by atoms with van der Waals surface area (Å²) in [6, 6.07) is 3.50. The third-order valence-corrected chi connectivity index (χ3v) is 4.42. The Morgan fingerprint density at radius 3 is 3.14 bits per heavy atom. The zero-order valence-corrected chi connectivity index (χ0v) is 13.1. The van der Waals surface area contributed by atoms with Gasteiger partial charge in [-0.25, -0.2) is 4.98 Å². The van der Waals surface area contributed by atoms with Crippen LogP contribution in [-0.2, 0) is 9.47 Å². The predicted octanol–water partition coefficient (Wildman–Crippen LogP) is 1.50. The summed E-state index contributed by atoms with van der Waals surface area (Å²) >= 11 is 0. The molecule has 2 atom stereocenters. The maximum atomic E-state index is 12.8. The molecule has 2 fully saturated rings. The molecule has 0 aliphatic carbocycles. The van der Waals surface area contributed by atoms with Crippen LogP contribution in [-0.4, -0.2) is 60.9 Å². The number of ether oxygens (including phenoxy) is 3. The highest BCUT2D eigenvalue weighted by molar-refractivity contribution is 5.96. The summed E-state index contributed by atoms with van der Waals surface area (Å²) in [5.74, 6) is 0.309. The zero-order chi connectivity index (χ0) is 15.6. The third-order valence-electron chi connectivity index (χ3n) is 4.42. The minimum Gasteiger partial charge on any atom is -0.477 e. The summed E-state index contributed by atoms with van der Waals surface area (Å²) in [5, 5.41) is 0. The van der Waals surface area contributed by atoms with Crippen molar-refractivity contribution in [3.8, 4) is 5.88 Å². The molecule has 0 aromatic carbocycles. The van der Waals surface area contributed by atoms with E-state index in [9.17, 15) is 4.79 Å². The lowest BCUT2D eigenvalue weighted by atomic mass is 9.96. The highest BCUT2D eigenvalue weighted by Gasteiger charge is 2.51. The molecule has 120 valence electrons. The Balaban J connectivity index is 1.82. The Labute approximate surface area is 130 Å². The lowest BCUT2D eigenvalue weighted by molar-refractivity contribution is -0.0754. The molecule has 2 aliphatic heterocycles. The minimum absolute atomic E-state index is 0.0776. The van der Waals surface area contributed by atoms with Crippen LogP contribution in [0.3, 0.4) is 0 Å². The van der Waals surface area contributed by atoms with E-state index in [1.54, 1.807) is 30.3 Å². The van der Waals surface area contributed by atoms with Crippen LogP contribution in [0.5, 0.6) is 5.88 Å². The molecule has 6 heteroatoms. The zero-order valence-electron chi connectivity index (χ0n) is 13.1. The molecule has 0 saturated carbocycles. The average Bonchev–Trinajstić information content (AvgIpc) is 3.15. The SMILES string of the molecule is CCOc1ncccc1C(=O)N1C[C@H](OC)[C@]2(CCCO2)C1. The van der Waals surface area contributed by atoms with Crippen LogP contribution in [0.4, 0.5) is 0 Å². The van der Waals surface area contributed by atoms with E-state index >= 15 is 0 Å². The van der Waals surface area contributed by atoms with Crippen molar-refractivity contribution in [2.75, 3.05) is 33.4 Å². The van der Waals surface area contributed by atoms with E-state index in [0.717, 1.165) is 19.4 Å². The number of amides is 1. The van der Waals surface area contributed by atoms with E-state index < -0.39 is 0 Å². The maximum Gasteiger partial charge on any atom is 0.259 e. The minimum atomic E-state index is -0.349. The summed E-state index contributed by atoms with van der Waals surface area (Å²) in [5.41, 5.74) is 0.146. The summed E-state index contributed by atoms with van der Waals surface area (Å²) < 4.78 is 17.0. The van der Waals surface area contributed by atoms with Crippen molar-refractivity contribution in [3.05, 3.63) is 23.9 Å². The van der Waals surface area contributed by atoms with Gasteiger partial charge in [-0.2, -0.15) is 0 Å².